The maximum Gasteiger partial charge on any atom is 0.337 e. The summed E-state index contributed by atoms with van der Waals surface area (Å²) < 4.78 is 5.12. The van der Waals surface area contributed by atoms with Crippen LogP contribution in [0.25, 0.3) is 0 Å². The molecule has 1 amide bonds. The smallest absolute Gasteiger partial charge is 0.337 e. The van der Waals surface area contributed by atoms with Crippen LogP contribution in [0.4, 0.5) is 5.95 Å². The third-order valence-electron chi connectivity index (χ3n) is 2.75. The van der Waals surface area contributed by atoms with Crippen LogP contribution in [0.15, 0.2) is 0 Å². The van der Waals surface area contributed by atoms with Crippen molar-refractivity contribution in [2.24, 2.45) is 5.92 Å². The molecule has 6 nitrogen and oxygen atoms in total. The molecule has 0 aliphatic carbocycles. The Bertz CT molecular complexity index is 365. The van der Waals surface area contributed by atoms with Gasteiger partial charge in [0.15, 0.2) is 0 Å². The molecule has 0 fully saturated rings. The van der Waals surface area contributed by atoms with Crippen LogP contribution >= 0.6 is 0 Å². The zero-order chi connectivity index (χ0) is 13.4. The average Bonchev–Trinajstić information content (AvgIpc) is 2.78. The Balaban J connectivity index is 2.50. The van der Waals surface area contributed by atoms with Crippen LogP contribution in [0, 0.1) is 5.92 Å². The first kappa shape index (κ1) is 14.5. The van der Waals surface area contributed by atoms with Gasteiger partial charge in [0, 0.05) is 5.92 Å². The van der Waals surface area contributed by atoms with Gasteiger partial charge in [0.1, 0.15) is 0 Å². The van der Waals surface area contributed by atoms with E-state index in [1.54, 1.807) is 0 Å². The van der Waals surface area contributed by atoms with Gasteiger partial charge in [-0.3, -0.25) is 10.1 Å². The van der Waals surface area contributed by atoms with Crippen LogP contribution in [0.1, 0.15) is 46.5 Å². The first-order chi connectivity index (χ1) is 8.71. The summed E-state index contributed by atoms with van der Waals surface area (Å²) in [5.74, 6) is 0.370. The minimum Gasteiger partial charge on any atom is -0.463 e. The second-order valence-corrected chi connectivity index (χ2v) is 4.14. The number of unbranched alkanes of at least 4 members (excludes halogenated alkanes) is 1. The molecule has 0 bridgehead atoms. The summed E-state index contributed by atoms with van der Waals surface area (Å²) in [5, 5.41) is 9.20. The van der Waals surface area contributed by atoms with Crippen LogP contribution in [-0.2, 0) is 4.79 Å². The van der Waals surface area contributed by atoms with E-state index in [4.69, 9.17) is 4.74 Å². The highest BCUT2D eigenvalue weighted by Gasteiger charge is 2.17. The summed E-state index contributed by atoms with van der Waals surface area (Å²) >= 11 is 0. The fourth-order valence-electron chi connectivity index (χ4n) is 1.69. The molecule has 2 N–H and O–H groups in total. The first-order valence-corrected chi connectivity index (χ1v) is 6.57. The zero-order valence-corrected chi connectivity index (χ0v) is 11.3. The molecule has 1 aromatic heterocycles. The van der Waals surface area contributed by atoms with Gasteiger partial charge in [-0.05, 0) is 19.8 Å². The van der Waals surface area contributed by atoms with E-state index in [1.807, 2.05) is 13.8 Å². The minimum atomic E-state index is -0.00912. The van der Waals surface area contributed by atoms with Crippen molar-refractivity contribution < 1.29 is 9.53 Å². The van der Waals surface area contributed by atoms with Crippen LogP contribution < -0.4 is 10.1 Å². The molecular weight excluding hydrogens is 232 g/mol. The number of nitrogens with zero attached hydrogens (tertiary/aromatic N) is 2. The molecule has 1 aromatic rings. The Morgan fingerprint density at radius 1 is 1.44 bits per heavy atom. The molecule has 102 valence electrons. The Kier molecular flexibility index (Phi) is 6.18. The predicted molar refractivity (Wildman–Crippen MR) is 69.5 cm³/mol. The molecule has 0 aromatic carbocycles. The molecule has 1 unspecified atom stereocenters. The lowest BCUT2D eigenvalue weighted by Gasteiger charge is -2.12. The third-order valence-corrected chi connectivity index (χ3v) is 2.75. The zero-order valence-electron chi connectivity index (χ0n) is 11.3. The highest BCUT2D eigenvalue weighted by Crippen LogP contribution is 2.15. The Labute approximate surface area is 108 Å². The minimum absolute atomic E-state index is 0.00912. The molecule has 1 heterocycles. The largest absolute Gasteiger partial charge is 0.463 e. The molecule has 0 saturated heterocycles. The summed E-state index contributed by atoms with van der Waals surface area (Å²) in [7, 11) is 0. The van der Waals surface area contributed by atoms with Crippen LogP contribution in [0.3, 0.4) is 0 Å². The Morgan fingerprint density at radius 2 is 2.22 bits per heavy atom. The fraction of sp³-hybridized carbons (Fsp3) is 0.750. The van der Waals surface area contributed by atoms with Crippen molar-refractivity contribution in [3.05, 3.63) is 0 Å². The van der Waals surface area contributed by atoms with E-state index < -0.39 is 0 Å². The van der Waals surface area contributed by atoms with Crippen molar-refractivity contribution in [3.8, 4) is 6.01 Å². The monoisotopic (exact) mass is 254 g/mol. The quantitative estimate of drug-likeness (QED) is 0.746. The highest BCUT2D eigenvalue weighted by molar-refractivity contribution is 5.90. The Morgan fingerprint density at radius 3 is 2.83 bits per heavy atom. The standard InChI is InChI=1S/C12H22N4O2/c1-4-7-8-9(5-2)10(17)13-11-14-12(16-15-11)18-6-3/h9H,4-8H2,1-3H3,(H2,13,14,15,16,17). The molecule has 0 radical (unpaired) electrons. The number of amides is 1. The topological polar surface area (TPSA) is 79.9 Å². The SMILES string of the molecule is CCCCC(CC)C(=O)Nc1nc(OCC)n[nH]1. The van der Waals surface area contributed by atoms with Gasteiger partial charge in [0.25, 0.3) is 0 Å². The van der Waals surface area contributed by atoms with Crippen molar-refractivity contribution in [2.75, 3.05) is 11.9 Å². The maximum absolute atomic E-state index is 12.0. The molecule has 1 rings (SSSR count). The van der Waals surface area contributed by atoms with E-state index in [2.05, 4.69) is 27.4 Å². The van der Waals surface area contributed by atoms with Gasteiger partial charge in [-0.25, -0.2) is 5.10 Å². The molecule has 1 atom stereocenters. The van der Waals surface area contributed by atoms with Crippen LogP contribution in [-0.4, -0.2) is 27.7 Å². The normalized spacial score (nSPS) is 12.2. The van der Waals surface area contributed by atoms with Crippen LogP contribution in [0.5, 0.6) is 6.01 Å². The summed E-state index contributed by atoms with van der Waals surface area (Å²) in [4.78, 5) is 16.0. The first-order valence-electron chi connectivity index (χ1n) is 6.57. The average molecular weight is 254 g/mol. The number of hydrogen-bond acceptors (Lipinski definition) is 4. The molecule has 0 aliphatic rings. The number of ether oxygens (including phenoxy) is 1. The van der Waals surface area contributed by atoms with Crippen molar-refractivity contribution >= 4 is 11.9 Å². The maximum atomic E-state index is 12.0. The van der Waals surface area contributed by atoms with Crippen molar-refractivity contribution in [3.63, 3.8) is 0 Å². The van der Waals surface area contributed by atoms with Gasteiger partial charge in [-0.15, -0.1) is 5.10 Å². The number of carbonyl (C=O) groups is 1. The number of H-pyrrole nitrogens is 1. The second kappa shape index (κ2) is 7.68. The van der Waals surface area contributed by atoms with E-state index in [0.29, 0.717) is 12.6 Å². The van der Waals surface area contributed by atoms with E-state index in [0.717, 1.165) is 25.7 Å². The molecule has 0 aliphatic heterocycles. The number of anilines is 1. The number of hydrogen-bond donors (Lipinski definition) is 2. The molecule has 6 heteroatoms. The lowest BCUT2D eigenvalue weighted by Crippen LogP contribution is -2.22. The third kappa shape index (κ3) is 4.35. The van der Waals surface area contributed by atoms with E-state index in [-0.39, 0.29) is 17.8 Å². The Hall–Kier alpha value is -1.59. The summed E-state index contributed by atoms with van der Waals surface area (Å²) in [6.07, 6.45) is 3.90. The van der Waals surface area contributed by atoms with Gasteiger partial charge < -0.3 is 4.74 Å². The summed E-state index contributed by atoms with van der Waals surface area (Å²) in [6, 6.07) is 0.259. The fourth-order valence-corrected chi connectivity index (χ4v) is 1.69. The van der Waals surface area contributed by atoms with Gasteiger partial charge in [0.2, 0.25) is 11.9 Å². The van der Waals surface area contributed by atoms with Gasteiger partial charge in [-0.1, -0.05) is 26.7 Å². The molecular formula is C12H22N4O2. The van der Waals surface area contributed by atoms with Crippen LogP contribution in [0.2, 0.25) is 0 Å². The summed E-state index contributed by atoms with van der Waals surface area (Å²) in [5.41, 5.74) is 0. The summed E-state index contributed by atoms with van der Waals surface area (Å²) in [6.45, 7) is 6.49. The second-order valence-electron chi connectivity index (χ2n) is 4.14. The van der Waals surface area contributed by atoms with Crippen molar-refractivity contribution in [1.82, 2.24) is 15.2 Å². The predicted octanol–water partition coefficient (Wildman–Crippen LogP) is 2.36. The van der Waals surface area contributed by atoms with Gasteiger partial charge in [0.05, 0.1) is 6.61 Å². The molecule has 0 spiro atoms. The molecule has 18 heavy (non-hydrogen) atoms. The number of aromatic nitrogens is 3. The van der Waals surface area contributed by atoms with Gasteiger partial charge in [-0.2, -0.15) is 4.98 Å². The highest BCUT2D eigenvalue weighted by atomic mass is 16.5. The van der Waals surface area contributed by atoms with Crippen molar-refractivity contribution in [1.29, 1.82) is 0 Å². The van der Waals surface area contributed by atoms with E-state index in [9.17, 15) is 4.79 Å². The lowest BCUT2D eigenvalue weighted by atomic mass is 9.99. The number of rotatable bonds is 8. The van der Waals surface area contributed by atoms with Gasteiger partial charge >= 0.3 is 6.01 Å². The number of aromatic amines is 1. The van der Waals surface area contributed by atoms with E-state index in [1.165, 1.54) is 0 Å². The molecule has 0 saturated carbocycles. The lowest BCUT2D eigenvalue weighted by molar-refractivity contribution is -0.120. The van der Waals surface area contributed by atoms with Crippen molar-refractivity contribution in [2.45, 2.75) is 46.5 Å². The van der Waals surface area contributed by atoms with E-state index >= 15 is 0 Å². The number of nitrogens with one attached hydrogen (secondary N) is 2. The number of carbonyl (C=O) groups excluding carboxylic acids is 1.